The Kier molecular flexibility index (Phi) is 17.8. The first-order valence-electron chi connectivity index (χ1n) is 36.4. The molecule has 4 nitrogen and oxygen atoms in total. The molecule has 0 aliphatic heterocycles. The Balaban J connectivity index is 0.000000179. The van der Waals surface area contributed by atoms with Crippen molar-refractivity contribution in [3.05, 3.63) is 236 Å². The molecule has 14 rings (SSSR count). The molecule has 4 heterocycles. The SMILES string of the molecule is CC(C)(C)CC(C)(C)c1ccc2c(c1)c1cc3c(cc1n2-c1ccc(Br)cc1)c1cc(C(C)(C)CC(C)(C)C)ccc1n3-c1ccc(Br)cc1.Cc1ccc(-n2c3ccc(C(C)(C)CC(C)(C)C)cc3c3cc4c(cc32)c2cc(C(C)(C)CC(C)(C)C)ccc2n4-c2ccc(C)cc2)cc1. The molecule has 0 aliphatic rings. The highest BCUT2D eigenvalue weighted by Gasteiger charge is 2.34. The average molecular weight is 1450 g/mol. The van der Waals surface area contributed by atoms with E-state index in [4.69, 9.17) is 0 Å². The van der Waals surface area contributed by atoms with Crippen LogP contribution in [0.4, 0.5) is 0 Å². The van der Waals surface area contributed by atoms with Gasteiger partial charge in [0.05, 0.1) is 44.1 Å². The van der Waals surface area contributed by atoms with Crippen molar-refractivity contribution in [1.82, 2.24) is 18.3 Å². The number of fused-ring (bicyclic) bond motifs is 12. The van der Waals surface area contributed by atoms with Gasteiger partial charge in [-0.3, -0.25) is 0 Å². The highest BCUT2D eigenvalue weighted by Crippen LogP contribution is 2.48. The van der Waals surface area contributed by atoms with Crippen LogP contribution < -0.4 is 0 Å². The van der Waals surface area contributed by atoms with E-state index in [9.17, 15) is 0 Å². The third kappa shape index (κ3) is 13.8. The van der Waals surface area contributed by atoms with Gasteiger partial charge < -0.3 is 18.3 Å². The fourth-order valence-corrected chi connectivity index (χ4v) is 18.7. The number of aromatic nitrogens is 4. The summed E-state index contributed by atoms with van der Waals surface area (Å²) in [6.45, 7) is 51.8. The molecule has 0 bridgehead atoms. The summed E-state index contributed by atoms with van der Waals surface area (Å²) in [4.78, 5) is 0. The van der Waals surface area contributed by atoms with Crippen LogP contribution in [0.15, 0.2) is 203 Å². The number of halogens is 2. The van der Waals surface area contributed by atoms with E-state index in [1.54, 1.807) is 0 Å². The maximum atomic E-state index is 3.68. The Morgan fingerprint density at radius 3 is 0.590 bits per heavy atom. The fourth-order valence-electron chi connectivity index (χ4n) is 18.1. The van der Waals surface area contributed by atoms with E-state index >= 15 is 0 Å². The van der Waals surface area contributed by atoms with Crippen molar-refractivity contribution < 1.29 is 0 Å². The van der Waals surface area contributed by atoms with E-state index in [1.807, 2.05) is 0 Å². The van der Waals surface area contributed by atoms with E-state index in [-0.39, 0.29) is 43.3 Å². The van der Waals surface area contributed by atoms with Crippen LogP contribution in [0.2, 0.25) is 0 Å². The Morgan fingerprint density at radius 1 is 0.220 bits per heavy atom. The lowest BCUT2D eigenvalue weighted by atomic mass is 9.72. The normalized spacial score (nSPS) is 13.4. The molecule has 0 amide bonds. The fraction of sp³-hybridized carbons (Fsp3) is 0.362. The molecular formula is C94H106Br2N4. The second-order valence-electron chi connectivity index (χ2n) is 37.2. The van der Waals surface area contributed by atoms with Crippen molar-refractivity contribution in [2.45, 2.75) is 200 Å². The molecule has 6 heteroatoms. The maximum Gasteiger partial charge on any atom is 0.0548 e. The standard InChI is InChI=1S/C48H56N2.C46H50Br2N2/c1-31-13-19-35(20-14-31)49-41-23-17-33(47(9,10)29-45(3,4)5)25-37(41)39-28-44-40(27-43(39)49)38-26-34(48(11,12)30-46(6,7)8)18-24-42(38)50(44)36-21-15-32(2)16-22-36;1-43(2,3)27-45(7,8)29-11-21-39-35(23-29)37-25-42-38(26-41(37)49(39)33-17-13-31(47)14-18-33)36-24-30(46(9,10)28-44(4,5)6)12-22-40(36)50(42)34-19-15-32(48)16-20-34/h13-28H,29-30H2,1-12H3;11-26H,27-28H2,1-10H3. The van der Waals surface area contributed by atoms with Gasteiger partial charge >= 0.3 is 0 Å². The van der Waals surface area contributed by atoms with Gasteiger partial charge in [0, 0.05) is 74.8 Å². The molecule has 0 radical (unpaired) electrons. The lowest BCUT2D eigenvalue weighted by Crippen LogP contribution is -2.24. The average Bonchev–Trinajstić information content (AvgIpc) is 1.56. The van der Waals surface area contributed by atoms with Crippen LogP contribution in [0.25, 0.3) is 110 Å². The van der Waals surface area contributed by atoms with Crippen LogP contribution in [0.5, 0.6) is 0 Å². The number of rotatable bonds is 12. The lowest BCUT2D eigenvalue weighted by molar-refractivity contribution is 0.284. The minimum atomic E-state index is 0.0329. The summed E-state index contributed by atoms with van der Waals surface area (Å²) in [6, 6.07) is 74.3. The number of nitrogens with zero attached hydrogens (tertiary/aromatic N) is 4. The number of aryl methyl sites for hydroxylation is 2. The molecule has 0 spiro atoms. The highest BCUT2D eigenvalue weighted by molar-refractivity contribution is 9.10. The van der Waals surface area contributed by atoms with Crippen LogP contribution in [0.1, 0.15) is 198 Å². The van der Waals surface area contributed by atoms with Gasteiger partial charge in [0.2, 0.25) is 0 Å². The second-order valence-corrected chi connectivity index (χ2v) is 39.0. The molecule has 0 saturated carbocycles. The summed E-state index contributed by atoms with van der Waals surface area (Å²) in [5.41, 5.74) is 23.8. The third-order valence-corrected chi connectivity index (χ3v) is 22.1. The molecule has 14 aromatic rings. The first kappa shape index (κ1) is 70.8. The first-order valence-corrected chi connectivity index (χ1v) is 38.0. The van der Waals surface area contributed by atoms with Crippen LogP contribution >= 0.6 is 31.9 Å². The van der Waals surface area contributed by atoms with Crippen molar-refractivity contribution in [3.8, 4) is 22.7 Å². The van der Waals surface area contributed by atoms with E-state index in [1.165, 1.54) is 132 Å². The van der Waals surface area contributed by atoms with Crippen molar-refractivity contribution in [3.63, 3.8) is 0 Å². The van der Waals surface area contributed by atoms with Gasteiger partial charge in [0.15, 0.2) is 0 Å². The first-order chi connectivity index (χ1) is 46.6. The Labute approximate surface area is 613 Å². The van der Waals surface area contributed by atoms with Crippen molar-refractivity contribution in [2.24, 2.45) is 21.7 Å². The monoisotopic (exact) mass is 1450 g/mol. The predicted molar refractivity (Wildman–Crippen MR) is 444 cm³/mol. The van der Waals surface area contributed by atoms with E-state index in [0.717, 1.165) is 46.0 Å². The summed E-state index contributed by atoms with van der Waals surface area (Å²) >= 11 is 7.36. The van der Waals surface area contributed by atoms with Crippen LogP contribution in [0, 0.1) is 35.5 Å². The Morgan fingerprint density at radius 2 is 0.400 bits per heavy atom. The zero-order chi connectivity index (χ0) is 71.9. The molecule has 4 aromatic heterocycles. The van der Waals surface area contributed by atoms with Gasteiger partial charge in [0.1, 0.15) is 0 Å². The summed E-state index contributed by atoms with van der Waals surface area (Å²) in [5, 5.41) is 10.4. The molecule has 516 valence electrons. The topological polar surface area (TPSA) is 19.7 Å². The summed E-state index contributed by atoms with van der Waals surface area (Å²) in [7, 11) is 0. The molecule has 0 unspecified atom stereocenters. The van der Waals surface area contributed by atoms with Gasteiger partial charge in [-0.15, -0.1) is 0 Å². The zero-order valence-corrected chi connectivity index (χ0v) is 67.0. The van der Waals surface area contributed by atoms with Crippen molar-refractivity contribution in [1.29, 1.82) is 0 Å². The van der Waals surface area contributed by atoms with E-state index < -0.39 is 0 Å². The zero-order valence-electron chi connectivity index (χ0n) is 63.8. The van der Waals surface area contributed by atoms with Crippen molar-refractivity contribution >= 4 is 119 Å². The molecule has 10 aromatic carbocycles. The van der Waals surface area contributed by atoms with Gasteiger partial charge in [-0.25, -0.2) is 0 Å². The number of hydrogen-bond donors (Lipinski definition) is 0. The number of benzene rings is 10. The maximum absolute atomic E-state index is 3.68. The molecule has 0 fully saturated rings. The molecule has 100 heavy (non-hydrogen) atoms. The van der Waals surface area contributed by atoms with Gasteiger partial charge in [0.25, 0.3) is 0 Å². The predicted octanol–water partition coefficient (Wildman–Crippen LogP) is 28.8. The van der Waals surface area contributed by atoms with Gasteiger partial charge in [-0.1, -0.05) is 230 Å². The minimum Gasteiger partial charge on any atom is -0.309 e. The Hall–Kier alpha value is -7.64. The van der Waals surface area contributed by atoms with Crippen LogP contribution in [-0.4, -0.2) is 18.3 Å². The lowest BCUT2D eigenvalue weighted by Gasteiger charge is -2.33. The summed E-state index contributed by atoms with van der Waals surface area (Å²) < 4.78 is 12.1. The quantitative estimate of drug-likeness (QED) is 0.116. The molecule has 0 aliphatic carbocycles. The smallest absolute Gasteiger partial charge is 0.0548 e. The van der Waals surface area contributed by atoms with E-state index in [2.05, 4.69) is 397 Å². The summed E-state index contributed by atoms with van der Waals surface area (Å²) in [6.07, 6.45) is 4.43. The Bertz CT molecular complexity index is 4760. The molecule has 0 N–H and O–H groups in total. The minimum absolute atomic E-state index is 0.0329. The second kappa shape index (κ2) is 25.1. The van der Waals surface area contributed by atoms with Gasteiger partial charge in [-0.2, -0.15) is 0 Å². The molecule has 0 saturated heterocycles. The largest absolute Gasteiger partial charge is 0.309 e. The van der Waals surface area contributed by atoms with Crippen LogP contribution in [-0.2, 0) is 21.7 Å². The van der Waals surface area contributed by atoms with Crippen LogP contribution in [0.3, 0.4) is 0 Å². The number of hydrogen-bond acceptors (Lipinski definition) is 0. The third-order valence-electron chi connectivity index (χ3n) is 21.1. The van der Waals surface area contributed by atoms with Gasteiger partial charge in [-0.05, 0) is 251 Å². The molecular weight excluding hydrogens is 1340 g/mol. The summed E-state index contributed by atoms with van der Waals surface area (Å²) in [5.74, 6) is 0. The highest BCUT2D eigenvalue weighted by atomic mass is 79.9. The van der Waals surface area contributed by atoms with Crippen molar-refractivity contribution in [2.75, 3.05) is 0 Å². The van der Waals surface area contributed by atoms with E-state index in [0.29, 0.717) is 0 Å². The molecule has 0 atom stereocenters.